The Morgan fingerprint density at radius 1 is 1.19 bits per heavy atom. The summed E-state index contributed by atoms with van der Waals surface area (Å²) in [6, 6.07) is 11.4. The van der Waals surface area contributed by atoms with Crippen molar-refractivity contribution in [1.82, 2.24) is 20.8 Å². The molecule has 1 atom stereocenters. The first-order chi connectivity index (χ1) is 12.9. The Morgan fingerprint density at radius 3 is 2.63 bits per heavy atom. The van der Waals surface area contributed by atoms with Crippen LogP contribution >= 0.6 is 0 Å². The molecule has 0 bridgehead atoms. The third-order valence-electron chi connectivity index (χ3n) is 4.08. The van der Waals surface area contributed by atoms with E-state index in [1.807, 2.05) is 37.3 Å². The molecule has 148 valence electrons. The second-order valence-corrected chi connectivity index (χ2v) is 7.15. The summed E-state index contributed by atoms with van der Waals surface area (Å²) in [5, 5.41) is 24.9. The summed E-state index contributed by atoms with van der Waals surface area (Å²) >= 11 is 0. The molecule has 1 heterocycles. The van der Waals surface area contributed by atoms with Crippen molar-refractivity contribution in [3.8, 4) is 5.75 Å². The first-order valence-corrected chi connectivity index (χ1v) is 9.01. The van der Waals surface area contributed by atoms with E-state index in [1.54, 1.807) is 6.07 Å². The number of aryl methyl sites for hydroxylation is 1. The molecule has 0 radical (unpaired) electrons. The van der Waals surface area contributed by atoms with Gasteiger partial charge in [0, 0.05) is 25.2 Å². The molecule has 6 N–H and O–H groups in total. The lowest BCUT2D eigenvalue weighted by Crippen LogP contribution is -2.50. The number of ether oxygens (including phenoxy) is 1. The van der Waals surface area contributed by atoms with Gasteiger partial charge in [-0.3, -0.25) is 0 Å². The van der Waals surface area contributed by atoms with Crippen molar-refractivity contribution < 1.29 is 9.84 Å². The van der Waals surface area contributed by atoms with E-state index >= 15 is 0 Å². The van der Waals surface area contributed by atoms with Gasteiger partial charge in [-0.1, -0.05) is 18.2 Å². The zero-order valence-electron chi connectivity index (χ0n) is 16.2. The van der Waals surface area contributed by atoms with E-state index in [2.05, 4.69) is 40.1 Å². The van der Waals surface area contributed by atoms with Crippen molar-refractivity contribution >= 4 is 5.82 Å². The number of β-amino-alcohol motifs (C(OH)–C–C–N with tert-alkyl or cyclic N) is 1. The number of hydrogen-bond acceptors (Lipinski definition) is 8. The third-order valence-corrected chi connectivity index (χ3v) is 4.08. The highest BCUT2D eigenvalue weighted by Crippen LogP contribution is 2.16. The second kappa shape index (κ2) is 10.2. The Bertz CT molecular complexity index is 693. The summed E-state index contributed by atoms with van der Waals surface area (Å²) in [6.45, 7) is 8.12. The molecule has 0 spiro atoms. The van der Waals surface area contributed by atoms with Gasteiger partial charge in [0.05, 0.1) is 5.69 Å². The molecular formula is C19H30N6O2. The van der Waals surface area contributed by atoms with Crippen molar-refractivity contribution in [3.63, 3.8) is 0 Å². The highest BCUT2D eigenvalue weighted by molar-refractivity contribution is 5.32. The lowest BCUT2D eigenvalue weighted by molar-refractivity contribution is 0.0984. The molecule has 1 aromatic carbocycles. The minimum absolute atomic E-state index is 0.199. The summed E-state index contributed by atoms with van der Waals surface area (Å²) in [5.41, 5.74) is 4.14. The number of aromatic nitrogens is 2. The molecule has 8 heteroatoms. The van der Waals surface area contributed by atoms with Gasteiger partial charge in [0.1, 0.15) is 18.5 Å². The minimum atomic E-state index is -0.592. The van der Waals surface area contributed by atoms with Crippen LogP contribution in [0.1, 0.15) is 25.1 Å². The molecule has 0 fully saturated rings. The van der Waals surface area contributed by atoms with Crippen LogP contribution in [0.3, 0.4) is 0 Å². The van der Waals surface area contributed by atoms with E-state index in [0.29, 0.717) is 25.5 Å². The molecule has 2 aromatic rings. The number of nitrogens with zero attached hydrogens (tertiary/aromatic N) is 2. The third kappa shape index (κ3) is 7.48. The minimum Gasteiger partial charge on any atom is -0.491 e. The predicted molar refractivity (Wildman–Crippen MR) is 106 cm³/mol. The summed E-state index contributed by atoms with van der Waals surface area (Å²) < 4.78 is 5.69. The number of nitrogens with one attached hydrogen (secondary N) is 3. The van der Waals surface area contributed by atoms with Gasteiger partial charge in [0.2, 0.25) is 0 Å². The Morgan fingerprint density at radius 2 is 1.96 bits per heavy atom. The molecule has 0 amide bonds. The summed E-state index contributed by atoms with van der Waals surface area (Å²) in [7, 11) is 0. The fourth-order valence-electron chi connectivity index (χ4n) is 2.45. The maximum atomic E-state index is 10.2. The van der Waals surface area contributed by atoms with Crippen molar-refractivity contribution in [2.75, 3.05) is 25.1 Å². The molecule has 0 saturated heterocycles. The molecule has 1 unspecified atom stereocenters. The van der Waals surface area contributed by atoms with E-state index in [0.717, 1.165) is 17.0 Å². The van der Waals surface area contributed by atoms with Crippen LogP contribution in [0.15, 0.2) is 36.4 Å². The number of aliphatic hydroxyl groups is 1. The van der Waals surface area contributed by atoms with E-state index < -0.39 is 6.10 Å². The average Bonchev–Trinajstić information content (AvgIpc) is 2.66. The summed E-state index contributed by atoms with van der Waals surface area (Å²) in [5.74, 6) is 6.60. The first-order valence-electron chi connectivity index (χ1n) is 9.01. The van der Waals surface area contributed by atoms with Gasteiger partial charge in [0.25, 0.3) is 0 Å². The van der Waals surface area contributed by atoms with E-state index in [-0.39, 0.29) is 12.1 Å². The van der Waals surface area contributed by atoms with Crippen LogP contribution in [0.2, 0.25) is 0 Å². The number of hydrazine groups is 1. The molecule has 0 saturated carbocycles. The maximum absolute atomic E-state index is 10.2. The first kappa shape index (κ1) is 21.0. The lowest BCUT2D eigenvalue weighted by Gasteiger charge is -2.28. The average molecular weight is 374 g/mol. The normalized spacial score (nSPS) is 12.6. The SMILES string of the molecule is Cc1ccccc1OCC(O)CNC(C)(C)CNCc1ccc(NN)nn1. The van der Waals surface area contributed by atoms with Crippen LogP contribution in [0, 0.1) is 6.92 Å². The molecule has 0 aliphatic rings. The van der Waals surface area contributed by atoms with Gasteiger partial charge in [-0.25, -0.2) is 5.84 Å². The van der Waals surface area contributed by atoms with Crippen LogP contribution in [-0.2, 0) is 6.54 Å². The van der Waals surface area contributed by atoms with Crippen LogP contribution in [0.4, 0.5) is 5.82 Å². The molecule has 0 aliphatic carbocycles. The van der Waals surface area contributed by atoms with E-state index in [1.165, 1.54) is 0 Å². The monoisotopic (exact) mass is 374 g/mol. The molecule has 1 aromatic heterocycles. The summed E-state index contributed by atoms with van der Waals surface area (Å²) in [6.07, 6.45) is -0.592. The smallest absolute Gasteiger partial charge is 0.162 e. The Kier molecular flexibility index (Phi) is 7.93. The van der Waals surface area contributed by atoms with Gasteiger partial charge >= 0.3 is 0 Å². The fourth-order valence-corrected chi connectivity index (χ4v) is 2.45. The van der Waals surface area contributed by atoms with Crippen molar-refractivity contribution in [2.24, 2.45) is 5.84 Å². The largest absolute Gasteiger partial charge is 0.491 e. The van der Waals surface area contributed by atoms with E-state index in [4.69, 9.17) is 10.6 Å². The quantitative estimate of drug-likeness (QED) is 0.292. The van der Waals surface area contributed by atoms with Crippen LogP contribution in [0.25, 0.3) is 0 Å². The summed E-state index contributed by atoms with van der Waals surface area (Å²) in [4.78, 5) is 0. The number of aliphatic hydroxyl groups excluding tert-OH is 1. The zero-order chi connectivity index (χ0) is 19.7. The van der Waals surface area contributed by atoms with Crippen molar-refractivity contribution in [3.05, 3.63) is 47.7 Å². The van der Waals surface area contributed by atoms with Gasteiger partial charge in [-0.2, -0.15) is 5.10 Å². The Hall–Kier alpha value is -2.26. The maximum Gasteiger partial charge on any atom is 0.162 e. The van der Waals surface area contributed by atoms with Gasteiger partial charge < -0.3 is 25.9 Å². The molecule has 0 aliphatic heterocycles. The molecule has 2 rings (SSSR count). The predicted octanol–water partition coefficient (Wildman–Crippen LogP) is 0.968. The number of rotatable bonds is 11. The zero-order valence-corrected chi connectivity index (χ0v) is 16.2. The van der Waals surface area contributed by atoms with Crippen LogP contribution in [0.5, 0.6) is 5.75 Å². The van der Waals surface area contributed by atoms with Crippen molar-refractivity contribution in [1.29, 1.82) is 0 Å². The van der Waals surface area contributed by atoms with Gasteiger partial charge in [-0.05, 0) is 44.5 Å². The van der Waals surface area contributed by atoms with E-state index in [9.17, 15) is 5.11 Å². The number of anilines is 1. The number of hydrogen-bond donors (Lipinski definition) is 5. The van der Waals surface area contributed by atoms with Gasteiger partial charge in [0.15, 0.2) is 5.82 Å². The Balaban J connectivity index is 1.67. The number of para-hydroxylation sites is 1. The second-order valence-electron chi connectivity index (χ2n) is 7.15. The number of nitrogens with two attached hydrogens (primary N) is 1. The Labute approximate surface area is 160 Å². The number of nitrogen functional groups attached to an aromatic ring is 1. The lowest BCUT2D eigenvalue weighted by atomic mass is 10.1. The van der Waals surface area contributed by atoms with Crippen LogP contribution in [-0.4, -0.2) is 46.6 Å². The topological polar surface area (TPSA) is 117 Å². The highest BCUT2D eigenvalue weighted by atomic mass is 16.5. The van der Waals surface area contributed by atoms with Crippen LogP contribution < -0.4 is 26.6 Å². The number of benzene rings is 1. The highest BCUT2D eigenvalue weighted by Gasteiger charge is 2.18. The van der Waals surface area contributed by atoms with Gasteiger partial charge in [-0.15, -0.1) is 5.10 Å². The standard InChI is InChI=1S/C19H30N6O2/c1-14-6-4-5-7-17(14)27-12-16(26)11-22-19(2,3)13-21-10-15-8-9-18(23-20)25-24-15/h4-9,16,21-22,26H,10-13,20H2,1-3H3,(H,23,25). The molecule has 8 nitrogen and oxygen atoms in total. The van der Waals surface area contributed by atoms with Crippen molar-refractivity contribution in [2.45, 2.75) is 39.0 Å². The molecular weight excluding hydrogens is 344 g/mol. The molecule has 27 heavy (non-hydrogen) atoms. The fraction of sp³-hybridized carbons (Fsp3) is 0.474.